The first-order valence-corrected chi connectivity index (χ1v) is 7.03. The van der Waals surface area contributed by atoms with Gasteiger partial charge in [-0.3, -0.25) is 4.79 Å². The van der Waals surface area contributed by atoms with Crippen molar-refractivity contribution < 1.29 is 4.79 Å². The van der Waals surface area contributed by atoms with Gasteiger partial charge in [-0.05, 0) is 40.9 Å². The van der Waals surface area contributed by atoms with E-state index < -0.39 is 0 Å². The van der Waals surface area contributed by atoms with Crippen molar-refractivity contribution in [3.63, 3.8) is 0 Å². The quantitative estimate of drug-likeness (QED) is 0.618. The maximum atomic E-state index is 11.7. The van der Waals surface area contributed by atoms with E-state index in [1.807, 2.05) is 6.07 Å². The van der Waals surface area contributed by atoms with Gasteiger partial charge in [0.05, 0.1) is 0 Å². The zero-order valence-corrected chi connectivity index (χ0v) is 11.9. The van der Waals surface area contributed by atoms with Crippen molar-refractivity contribution in [2.24, 2.45) is 0 Å². The summed E-state index contributed by atoms with van der Waals surface area (Å²) in [7, 11) is 0. The summed E-state index contributed by atoms with van der Waals surface area (Å²) < 4.78 is 0.722. The standard InChI is InChI=1S/C12H16BrClN2O/c13-10-6-5-9-15-11(10)12(17)16-8-4-2-1-3-7-14/h5-6,9H,1-4,7-8H2,(H,16,17). The van der Waals surface area contributed by atoms with Gasteiger partial charge in [0, 0.05) is 23.1 Å². The van der Waals surface area contributed by atoms with Gasteiger partial charge in [0.15, 0.2) is 0 Å². The van der Waals surface area contributed by atoms with Gasteiger partial charge in [-0.25, -0.2) is 4.98 Å². The summed E-state index contributed by atoms with van der Waals surface area (Å²) in [6, 6.07) is 3.59. The number of hydrogen-bond acceptors (Lipinski definition) is 2. The van der Waals surface area contributed by atoms with E-state index >= 15 is 0 Å². The molecule has 1 rings (SSSR count). The molecule has 0 fully saturated rings. The summed E-state index contributed by atoms with van der Waals surface area (Å²) in [5.41, 5.74) is 0.438. The van der Waals surface area contributed by atoms with Gasteiger partial charge in [-0.1, -0.05) is 12.8 Å². The second-order valence-corrected chi connectivity index (χ2v) is 4.93. The van der Waals surface area contributed by atoms with Crippen molar-refractivity contribution in [2.45, 2.75) is 25.7 Å². The number of nitrogens with zero attached hydrogens (tertiary/aromatic N) is 1. The van der Waals surface area contributed by atoms with Crippen molar-refractivity contribution in [3.05, 3.63) is 28.5 Å². The highest BCUT2D eigenvalue weighted by Gasteiger charge is 2.09. The molecule has 1 amide bonds. The Hall–Kier alpha value is -0.610. The van der Waals surface area contributed by atoms with Crippen LogP contribution in [0.2, 0.25) is 0 Å². The summed E-state index contributed by atoms with van der Waals surface area (Å²) in [6.45, 7) is 0.685. The Morgan fingerprint density at radius 2 is 2.12 bits per heavy atom. The highest BCUT2D eigenvalue weighted by molar-refractivity contribution is 9.10. The Labute approximate surface area is 115 Å². The van der Waals surface area contributed by atoms with Crippen molar-refractivity contribution in [1.82, 2.24) is 10.3 Å². The maximum absolute atomic E-state index is 11.7. The van der Waals surface area contributed by atoms with Gasteiger partial charge in [0.1, 0.15) is 5.69 Å². The average molecular weight is 320 g/mol. The third-order valence-corrected chi connectivity index (χ3v) is 3.23. The van der Waals surface area contributed by atoms with E-state index in [-0.39, 0.29) is 5.91 Å². The molecule has 1 heterocycles. The van der Waals surface area contributed by atoms with Crippen LogP contribution in [0.4, 0.5) is 0 Å². The molecule has 0 bridgehead atoms. The van der Waals surface area contributed by atoms with Crippen LogP contribution in [0.1, 0.15) is 36.2 Å². The number of rotatable bonds is 7. The lowest BCUT2D eigenvalue weighted by atomic mass is 10.2. The highest BCUT2D eigenvalue weighted by atomic mass is 79.9. The molecule has 3 nitrogen and oxygen atoms in total. The lowest BCUT2D eigenvalue weighted by Crippen LogP contribution is -2.25. The number of pyridine rings is 1. The van der Waals surface area contributed by atoms with E-state index in [1.165, 1.54) is 0 Å². The van der Waals surface area contributed by atoms with Gasteiger partial charge in [0.2, 0.25) is 0 Å². The minimum atomic E-state index is -0.130. The summed E-state index contributed by atoms with van der Waals surface area (Å²) in [6.07, 6.45) is 5.84. The smallest absolute Gasteiger partial charge is 0.271 e. The van der Waals surface area contributed by atoms with E-state index in [1.54, 1.807) is 12.3 Å². The largest absolute Gasteiger partial charge is 0.351 e. The van der Waals surface area contributed by atoms with Crippen LogP contribution in [0.3, 0.4) is 0 Å². The zero-order chi connectivity index (χ0) is 12.5. The molecular weight excluding hydrogens is 304 g/mol. The van der Waals surface area contributed by atoms with E-state index in [4.69, 9.17) is 11.6 Å². The number of amides is 1. The predicted molar refractivity (Wildman–Crippen MR) is 73.5 cm³/mol. The minimum Gasteiger partial charge on any atom is -0.351 e. The van der Waals surface area contributed by atoms with Crippen LogP contribution in [-0.4, -0.2) is 23.3 Å². The van der Waals surface area contributed by atoms with Crippen molar-refractivity contribution in [3.8, 4) is 0 Å². The van der Waals surface area contributed by atoms with Crippen LogP contribution in [-0.2, 0) is 0 Å². The molecule has 0 saturated heterocycles. The number of halogens is 2. The molecule has 0 saturated carbocycles. The Bertz CT molecular complexity index is 360. The molecule has 0 atom stereocenters. The first-order chi connectivity index (χ1) is 8.25. The molecule has 0 aliphatic rings. The van der Waals surface area contributed by atoms with Gasteiger partial charge in [-0.15, -0.1) is 11.6 Å². The third-order valence-electron chi connectivity index (χ3n) is 2.32. The number of unbranched alkanes of at least 4 members (excludes halogenated alkanes) is 3. The molecule has 5 heteroatoms. The second-order valence-electron chi connectivity index (χ2n) is 3.69. The molecule has 1 aromatic heterocycles. The summed E-state index contributed by atoms with van der Waals surface area (Å²) >= 11 is 8.88. The van der Waals surface area contributed by atoms with Crippen LogP contribution in [0.5, 0.6) is 0 Å². The van der Waals surface area contributed by atoms with Gasteiger partial charge >= 0.3 is 0 Å². The normalized spacial score (nSPS) is 10.2. The zero-order valence-electron chi connectivity index (χ0n) is 9.59. The molecule has 0 spiro atoms. The number of hydrogen-bond donors (Lipinski definition) is 1. The molecule has 0 aliphatic heterocycles. The summed E-state index contributed by atoms with van der Waals surface area (Å²) in [5.74, 6) is 0.586. The van der Waals surface area contributed by atoms with Crippen LogP contribution < -0.4 is 5.32 Å². The molecular formula is C12H16BrClN2O. The fraction of sp³-hybridized carbons (Fsp3) is 0.500. The van der Waals surface area contributed by atoms with Gasteiger partial charge in [0.25, 0.3) is 5.91 Å². The Kier molecular flexibility index (Phi) is 7.21. The third kappa shape index (κ3) is 5.50. The van der Waals surface area contributed by atoms with E-state index in [2.05, 4.69) is 26.2 Å². The number of aromatic nitrogens is 1. The molecule has 0 aliphatic carbocycles. The van der Waals surface area contributed by atoms with Crippen molar-refractivity contribution in [1.29, 1.82) is 0 Å². The average Bonchev–Trinajstić information content (AvgIpc) is 2.34. The SMILES string of the molecule is O=C(NCCCCCCCl)c1ncccc1Br. The Morgan fingerprint density at radius 1 is 1.35 bits per heavy atom. The summed E-state index contributed by atoms with van der Waals surface area (Å²) in [5, 5.41) is 2.85. The van der Waals surface area contributed by atoms with Gasteiger partial charge < -0.3 is 5.32 Å². The lowest BCUT2D eigenvalue weighted by Gasteiger charge is -2.05. The number of carbonyl (C=O) groups is 1. The minimum absolute atomic E-state index is 0.130. The first kappa shape index (κ1) is 14.5. The van der Waals surface area contributed by atoms with Crippen LogP contribution in [0, 0.1) is 0 Å². The number of alkyl halides is 1. The maximum Gasteiger partial charge on any atom is 0.271 e. The van der Waals surface area contributed by atoms with E-state index in [9.17, 15) is 4.79 Å². The van der Waals surface area contributed by atoms with Crippen LogP contribution in [0.25, 0.3) is 0 Å². The lowest BCUT2D eigenvalue weighted by molar-refractivity contribution is 0.0947. The highest BCUT2D eigenvalue weighted by Crippen LogP contribution is 2.12. The van der Waals surface area contributed by atoms with Crippen molar-refractivity contribution in [2.75, 3.05) is 12.4 Å². The predicted octanol–water partition coefficient (Wildman–Crippen LogP) is 3.37. The van der Waals surface area contributed by atoms with Crippen LogP contribution >= 0.6 is 27.5 Å². The van der Waals surface area contributed by atoms with E-state index in [0.29, 0.717) is 18.1 Å². The fourth-order valence-corrected chi connectivity index (χ4v) is 2.04. The van der Waals surface area contributed by atoms with Crippen molar-refractivity contribution >= 4 is 33.4 Å². The topological polar surface area (TPSA) is 42.0 Å². The van der Waals surface area contributed by atoms with Crippen LogP contribution in [0.15, 0.2) is 22.8 Å². The molecule has 0 unspecified atom stereocenters. The first-order valence-electron chi connectivity index (χ1n) is 5.70. The Morgan fingerprint density at radius 3 is 2.82 bits per heavy atom. The number of carbonyl (C=O) groups excluding carboxylic acids is 1. The molecule has 1 N–H and O–H groups in total. The molecule has 0 radical (unpaired) electrons. The summed E-state index contributed by atoms with van der Waals surface area (Å²) in [4.78, 5) is 15.8. The number of nitrogens with one attached hydrogen (secondary N) is 1. The fourth-order valence-electron chi connectivity index (χ4n) is 1.41. The molecule has 0 aromatic carbocycles. The molecule has 17 heavy (non-hydrogen) atoms. The van der Waals surface area contributed by atoms with Gasteiger partial charge in [-0.2, -0.15) is 0 Å². The molecule has 94 valence electrons. The Balaban J connectivity index is 2.24. The monoisotopic (exact) mass is 318 g/mol. The van der Waals surface area contributed by atoms with E-state index in [0.717, 1.165) is 30.2 Å². The molecule has 1 aromatic rings. The second kappa shape index (κ2) is 8.48.